The van der Waals surface area contributed by atoms with Gasteiger partial charge in [-0.2, -0.15) is 13.9 Å². The van der Waals surface area contributed by atoms with Gasteiger partial charge in [-0.15, -0.1) is 10.2 Å². The molecule has 0 aliphatic carbocycles. The largest absolute Gasteiger partial charge is 0.335 e. The Balaban J connectivity index is 1.55. The summed E-state index contributed by atoms with van der Waals surface area (Å²) in [5, 5.41) is 13.0. The van der Waals surface area contributed by atoms with Gasteiger partial charge < -0.3 is 4.98 Å². The molecule has 0 unspecified atom stereocenters. The number of H-pyrrole nitrogens is 1. The molecular weight excluding hydrogens is 330 g/mol. The molecule has 10 heteroatoms. The van der Waals surface area contributed by atoms with Crippen LogP contribution in [0.5, 0.6) is 0 Å². The lowest BCUT2D eigenvalue weighted by atomic mass is 9.97. The van der Waals surface area contributed by atoms with Crippen LogP contribution in [0.3, 0.4) is 0 Å². The standard InChI is InChI=1S/C14H17N7O2S/c1-10-2-3-12-17-18-14(21(12)19-10)11-4-6-20(7-5-11)24(22,23)13-8-15-9-16-13/h2-3,8-9,11H,4-7H2,1H3,(H,15,16). The van der Waals surface area contributed by atoms with Crippen LogP contribution in [0.4, 0.5) is 0 Å². The number of aromatic amines is 1. The number of rotatable bonds is 3. The predicted molar refractivity (Wildman–Crippen MR) is 84.8 cm³/mol. The van der Waals surface area contributed by atoms with Gasteiger partial charge in [0, 0.05) is 19.0 Å². The lowest BCUT2D eigenvalue weighted by Gasteiger charge is -2.29. The Kier molecular flexibility index (Phi) is 3.57. The molecule has 1 N–H and O–H groups in total. The van der Waals surface area contributed by atoms with Crippen molar-refractivity contribution < 1.29 is 8.42 Å². The van der Waals surface area contributed by atoms with Crippen molar-refractivity contribution in [2.45, 2.75) is 30.7 Å². The highest BCUT2D eigenvalue weighted by Crippen LogP contribution is 2.29. The first-order valence-corrected chi connectivity index (χ1v) is 9.17. The smallest absolute Gasteiger partial charge is 0.260 e. The molecule has 0 saturated carbocycles. The summed E-state index contributed by atoms with van der Waals surface area (Å²) >= 11 is 0. The number of piperidine rings is 1. The van der Waals surface area contributed by atoms with Crippen molar-refractivity contribution in [1.29, 1.82) is 0 Å². The number of fused-ring (bicyclic) bond motifs is 1. The van der Waals surface area contributed by atoms with Crippen molar-refractivity contribution in [1.82, 2.24) is 34.1 Å². The van der Waals surface area contributed by atoms with Gasteiger partial charge in [-0.05, 0) is 31.9 Å². The molecule has 9 nitrogen and oxygen atoms in total. The van der Waals surface area contributed by atoms with E-state index in [0.29, 0.717) is 31.6 Å². The summed E-state index contributed by atoms with van der Waals surface area (Å²) in [5.74, 6) is 0.940. The van der Waals surface area contributed by atoms with Crippen LogP contribution >= 0.6 is 0 Å². The van der Waals surface area contributed by atoms with Gasteiger partial charge in [-0.3, -0.25) is 0 Å². The molecule has 0 aromatic carbocycles. The second kappa shape index (κ2) is 5.64. The van der Waals surface area contributed by atoms with Crippen LogP contribution in [0.25, 0.3) is 5.65 Å². The zero-order valence-electron chi connectivity index (χ0n) is 13.1. The summed E-state index contributed by atoms with van der Waals surface area (Å²) in [4.78, 5) is 6.46. The maximum absolute atomic E-state index is 12.5. The first-order chi connectivity index (χ1) is 11.6. The Morgan fingerprint density at radius 2 is 2.00 bits per heavy atom. The number of sulfonamides is 1. The van der Waals surface area contributed by atoms with Gasteiger partial charge in [0.05, 0.1) is 18.2 Å². The number of hydrogen-bond acceptors (Lipinski definition) is 6. The van der Waals surface area contributed by atoms with Gasteiger partial charge in [0.2, 0.25) is 0 Å². The van der Waals surface area contributed by atoms with Crippen LogP contribution in [0.15, 0.2) is 29.7 Å². The lowest BCUT2D eigenvalue weighted by Crippen LogP contribution is -2.38. The van der Waals surface area contributed by atoms with Crippen molar-refractivity contribution in [3.63, 3.8) is 0 Å². The molecule has 0 atom stereocenters. The van der Waals surface area contributed by atoms with Crippen molar-refractivity contribution in [3.8, 4) is 0 Å². The van der Waals surface area contributed by atoms with Crippen LogP contribution in [0.2, 0.25) is 0 Å². The van der Waals surface area contributed by atoms with E-state index < -0.39 is 10.0 Å². The Hall–Kier alpha value is -2.33. The van der Waals surface area contributed by atoms with Gasteiger partial charge in [-0.1, -0.05) is 0 Å². The maximum atomic E-state index is 12.5. The quantitative estimate of drug-likeness (QED) is 0.748. The summed E-state index contributed by atoms with van der Waals surface area (Å²) in [7, 11) is -3.50. The molecule has 0 amide bonds. The summed E-state index contributed by atoms with van der Waals surface area (Å²) in [5.41, 5.74) is 1.60. The lowest BCUT2D eigenvalue weighted by molar-refractivity contribution is 0.310. The van der Waals surface area contributed by atoms with Crippen LogP contribution in [0, 0.1) is 6.92 Å². The van der Waals surface area contributed by atoms with E-state index in [-0.39, 0.29) is 10.9 Å². The third-order valence-corrected chi connectivity index (χ3v) is 6.15. The van der Waals surface area contributed by atoms with Crippen LogP contribution in [-0.4, -0.2) is 55.6 Å². The fourth-order valence-electron chi connectivity index (χ4n) is 3.03. The highest BCUT2D eigenvalue weighted by Gasteiger charge is 2.32. The van der Waals surface area contributed by atoms with E-state index >= 15 is 0 Å². The number of nitrogens with zero attached hydrogens (tertiary/aromatic N) is 6. The zero-order valence-corrected chi connectivity index (χ0v) is 13.9. The first-order valence-electron chi connectivity index (χ1n) is 7.73. The van der Waals surface area contributed by atoms with E-state index in [9.17, 15) is 8.42 Å². The minimum atomic E-state index is -3.50. The molecule has 1 fully saturated rings. The summed E-state index contributed by atoms with van der Waals surface area (Å²) in [6, 6.07) is 3.78. The van der Waals surface area contributed by atoms with Gasteiger partial charge in [0.1, 0.15) is 0 Å². The fraction of sp³-hybridized carbons (Fsp3) is 0.429. The molecule has 126 valence electrons. The van der Waals surface area contributed by atoms with Crippen LogP contribution < -0.4 is 0 Å². The third kappa shape index (κ3) is 2.47. The Morgan fingerprint density at radius 1 is 1.21 bits per heavy atom. The van der Waals surface area contributed by atoms with Gasteiger partial charge in [0.15, 0.2) is 16.5 Å². The SMILES string of the molecule is Cc1ccc2nnc(C3CCN(S(=O)(=O)c4cnc[nH]4)CC3)n2n1. The van der Waals surface area contributed by atoms with E-state index in [2.05, 4.69) is 25.3 Å². The fourth-order valence-corrected chi connectivity index (χ4v) is 4.39. The summed E-state index contributed by atoms with van der Waals surface area (Å²) < 4.78 is 28.3. The molecule has 1 aliphatic rings. The molecule has 3 aromatic rings. The van der Waals surface area contributed by atoms with E-state index in [1.54, 1.807) is 4.52 Å². The van der Waals surface area contributed by atoms with Crippen molar-refractivity contribution in [2.75, 3.05) is 13.1 Å². The van der Waals surface area contributed by atoms with Crippen molar-refractivity contribution >= 4 is 15.7 Å². The average molecular weight is 347 g/mol. The number of aromatic nitrogens is 6. The zero-order chi connectivity index (χ0) is 16.7. The van der Waals surface area contributed by atoms with Crippen molar-refractivity contribution in [2.24, 2.45) is 0 Å². The summed E-state index contributed by atoms with van der Waals surface area (Å²) in [6.07, 6.45) is 4.07. The van der Waals surface area contributed by atoms with E-state index in [4.69, 9.17) is 0 Å². The Morgan fingerprint density at radius 3 is 2.71 bits per heavy atom. The second-order valence-electron chi connectivity index (χ2n) is 5.90. The highest BCUT2D eigenvalue weighted by atomic mass is 32.2. The van der Waals surface area contributed by atoms with Crippen LogP contribution in [-0.2, 0) is 10.0 Å². The molecule has 1 saturated heterocycles. The molecule has 0 spiro atoms. The molecule has 0 bridgehead atoms. The normalized spacial score (nSPS) is 17.5. The molecular formula is C14H17N7O2S. The van der Waals surface area contributed by atoms with Gasteiger partial charge >= 0.3 is 0 Å². The summed E-state index contributed by atoms with van der Waals surface area (Å²) in [6.45, 7) is 2.79. The molecule has 24 heavy (non-hydrogen) atoms. The number of nitrogens with one attached hydrogen (secondary N) is 1. The molecule has 4 heterocycles. The number of aryl methyl sites for hydroxylation is 1. The molecule has 0 radical (unpaired) electrons. The average Bonchev–Trinajstić information content (AvgIpc) is 3.25. The van der Waals surface area contributed by atoms with Gasteiger partial charge in [0.25, 0.3) is 10.0 Å². The minimum Gasteiger partial charge on any atom is -0.335 e. The minimum absolute atomic E-state index is 0.131. The Bertz CT molecular complexity index is 956. The highest BCUT2D eigenvalue weighted by molar-refractivity contribution is 7.89. The maximum Gasteiger partial charge on any atom is 0.260 e. The second-order valence-corrected chi connectivity index (χ2v) is 7.80. The number of imidazole rings is 1. The van der Waals surface area contributed by atoms with Crippen LogP contribution in [0.1, 0.15) is 30.3 Å². The number of hydrogen-bond donors (Lipinski definition) is 1. The van der Waals surface area contributed by atoms with Crippen molar-refractivity contribution in [3.05, 3.63) is 36.2 Å². The predicted octanol–water partition coefficient (Wildman–Crippen LogP) is 0.724. The van der Waals surface area contributed by atoms with Gasteiger partial charge in [-0.25, -0.2) is 13.4 Å². The van der Waals surface area contributed by atoms with E-state index in [1.165, 1.54) is 16.8 Å². The monoisotopic (exact) mass is 347 g/mol. The molecule has 4 rings (SSSR count). The molecule has 1 aliphatic heterocycles. The Labute approximate surface area is 138 Å². The molecule has 3 aromatic heterocycles. The van der Waals surface area contributed by atoms with E-state index in [0.717, 1.165) is 11.5 Å². The first kappa shape index (κ1) is 15.2. The van der Waals surface area contributed by atoms with E-state index in [1.807, 2.05) is 19.1 Å². The topological polar surface area (TPSA) is 109 Å². The third-order valence-electron chi connectivity index (χ3n) is 4.33.